The number of carbonyl (C=O) groups excluding carboxylic acids is 1. The zero-order chi connectivity index (χ0) is 20.9. The Kier molecular flexibility index (Phi) is 6.11. The van der Waals surface area contributed by atoms with Gasteiger partial charge in [-0.25, -0.2) is 9.37 Å². The van der Waals surface area contributed by atoms with Gasteiger partial charge in [0.25, 0.3) is 5.91 Å². The second-order valence-corrected chi connectivity index (χ2v) is 6.23. The number of nitrogens with zero attached hydrogens (tertiary/aromatic N) is 1. The Bertz CT molecular complexity index is 988. The van der Waals surface area contributed by atoms with E-state index in [9.17, 15) is 22.4 Å². The highest BCUT2D eigenvalue weighted by molar-refractivity contribution is 5.94. The van der Waals surface area contributed by atoms with Gasteiger partial charge in [-0.05, 0) is 48.4 Å². The van der Waals surface area contributed by atoms with Gasteiger partial charge in [0.2, 0.25) is 0 Å². The minimum absolute atomic E-state index is 0.231. The van der Waals surface area contributed by atoms with Gasteiger partial charge in [-0.2, -0.15) is 13.2 Å². The van der Waals surface area contributed by atoms with Crippen molar-refractivity contribution < 1.29 is 22.4 Å². The monoisotopic (exact) mass is 403 g/mol. The highest BCUT2D eigenvalue weighted by Gasteiger charge is 2.30. The fourth-order valence-electron chi connectivity index (χ4n) is 2.64. The first-order valence-electron chi connectivity index (χ1n) is 8.75. The largest absolute Gasteiger partial charge is 0.416 e. The van der Waals surface area contributed by atoms with Crippen molar-refractivity contribution in [2.45, 2.75) is 12.6 Å². The molecule has 0 saturated heterocycles. The number of halogens is 4. The number of carbonyl (C=O) groups is 1. The third-order valence-electron chi connectivity index (χ3n) is 4.13. The van der Waals surface area contributed by atoms with Crippen molar-refractivity contribution in [1.82, 2.24) is 10.3 Å². The zero-order valence-corrected chi connectivity index (χ0v) is 15.1. The Hall–Kier alpha value is -3.42. The van der Waals surface area contributed by atoms with Crippen molar-refractivity contribution in [1.29, 1.82) is 0 Å². The van der Waals surface area contributed by atoms with Crippen LogP contribution in [0.4, 0.5) is 29.1 Å². The predicted molar refractivity (Wildman–Crippen MR) is 101 cm³/mol. The molecule has 4 nitrogen and oxygen atoms in total. The third kappa shape index (κ3) is 5.54. The van der Waals surface area contributed by atoms with Crippen molar-refractivity contribution in [3.05, 3.63) is 89.4 Å². The highest BCUT2D eigenvalue weighted by Crippen LogP contribution is 2.31. The number of alkyl halides is 3. The Balaban J connectivity index is 1.57. The lowest BCUT2D eigenvalue weighted by atomic mass is 10.1. The Labute approximate surface area is 164 Å². The van der Waals surface area contributed by atoms with Crippen molar-refractivity contribution >= 4 is 17.4 Å². The number of rotatable bonds is 6. The molecule has 1 amide bonds. The summed E-state index contributed by atoms with van der Waals surface area (Å²) >= 11 is 0. The summed E-state index contributed by atoms with van der Waals surface area (Å²) in [5.74, 6) is -0.403. The fraction of sp³-hybridized carbons (Fsp3) is 0.143. The van der Waals surface area contributed by atoms with Gasteiger partial charge in [0.1, 0.15) is 11.6 Å². The fourth-order valence-corrected chi connectivity index (χ4v) is 2.64. The van der Waals surface area contributed by atoms with Crippen molar-refractivity contribution in [2.24, 2.45) is 0 Å². The second kappa shape index (κ2) is 8.72. The summed E-state index contributed by atoms with van der Waals surface area (Å²) in [5.41, 5.74) is 0.252. The van der Waals surface area contributed by atoms with Crippen molar-refractivity contribution in [3.63, 3.8) is 0 Å². The number of anilines is 2. The number of hydrogen-bond donors (Lipinski definition) is 2. The number of amides is 1. The Morgan fingerprint density at radius 3 is 2.48 bits per heavy atom. The summed E-state index contributed by atoms with van der Waals surface area (Å²) in [6.45, 7) is 0.254. The summed E-state index contributed by atoms with van der Waals surface area (Å²) in [6.07, 6.45) is -2.77. The Morgan fingerprint density at radius 2 is 1.79 bits per heavy atom. The van der Waals surface area contributed by atoms with Crippen LogP contribution in [-0.4, -0.2) is 17.4 Å². The molecular formula is C21H17F4N3O. The molecule has 0 aliphatic rings. The van der Waals surface area contributed by atoms with Crippen LogP contribution in [0.3, 0.4) is 0 Å². The number of nitrogens with one attached hydrogen (secondary N) is 2. The second-order valence-electron chi connectivity index (χ2n) is 6.23. The van der Waals surface area contributed by atoms with Crippen LogP contribution in [0.5, 0.6) is 0 Å². The number of aromatic nitrogens is 1. The molecule has 1 heterocycles. The van der Waals surface area contributed by atoms with Crippen LogP contribution in [0.1, 0.15) is 21.5 Å². The van der Waals surface area contributed by atoms with Gasteiger partial charge in [-0.3, -0.25) is 4.79 Å². The molecular weight excluding hydrogens is 386 g/mol. The molecule has 2 N–H and O–H groups in total. The van der Waals surface area contributed by atoms with Crippen LogP contribution in [-0.2, 0) is 12.6 Å². The van der Waals surface area contributed by atoms with Crippen LogP contribution < -0.4 is 10.6 Å². The standard InChI is InChI=1S/C21H17F4N3O/c22-18-7-2-1-4-14(18)10-11-26-20(29)15-8-9-19(27-13-15)28-17-6-3-5-16(12-17)21(23,24)25/h1-9,12-13H,10-11H2,(H,26,29)(H,27,28). The zero-order valence-electron chi connectivity index (χ0n) is 15.1. The maximum atomic E-state index is 13.6. The van der Waals surface area contributed by atoms with Crippen LogP contribution in [0.2, 0.25) is 0 Å². The van der Waals surface area contributed by atoms with Crippen LogP contribution in [0.15, 0.2) is 66.9 Å². The average Bonchev–Trinajstić information content (AvgIpc) is 2.69. The Morgan fingerprint density at radius 1 is 1.00 bits per heavy atom. The summed E-state index contributed by atoms with van der Waals surface area (Å²) in [7, 11) is 0. The van der Waals surface area contributed by atoms with Gasteiger partial charge in [-0.15, -0.1) is 0 Å². The topological polar surface area (TPSA) is 54.0 Å². The van der Waals surface area contributed by atoms with E-state index in [0.717, 1.165) is 12.1 Å². The number of hydrogen-bond acceptors (Lipinski definition) is 3. The molecule has 0 atom stereocenters. The normalized spacial score (nSPS) is 11.2. The smallest absolute Gasteiger partial charge is 0.352 e. The van der Waals surface area contributed by atoms with Crippen LogP contribution >= 0.6 is 0 Å². The van der Waals surface area contributed by atoms with E-state index in [1.165, 1.54) is 36.5 Å². The lowest BCUT2D eigenvalue weighted by molar-refractivity contribution is -0.137. The van der Waals surface area contributed by atoms with E-state index in [1.807, 2.05) is 0 Å². The molecule has 3 aromatic rings. The maximum absolute atomic E-state index is 13.6. The number of benzene rings is 2. The molecule has 0 saturated carbocycles. The highest BCUT2D eigenvalue weighted by atomic mass is 19.4. The predicted octanol–water partition coefficient (Wildman–Crippen LogP) is 4.96. The molecule has 3 rings (SSSR count). The molecule has 2 aromatic carbocycles. The number of pyridine rings is 1. The molecule has 0 radical (unpaired) electrons. The van der Waals surface area contributed by atoms with Gasteiger partial charge < -0.3 is 10.6 Å². The lowest BCUT2D eigenvalue weighted by Gasteiger charge is -2.10. The first kappa shape index (κ1) is 20.3. The summed E-state index contributed by atoms with van der Waals surface area (Å²) in [5, 5.41) is 5.45. The van der Waals surface area contributed by atoms with Gasteiger partial charge in [0.15, 0.2) is 0 Å². The van der Waals surface area contributed by atoms with E-state index < -0.39 is 11.7 Å². The van der Waals surface area contributed by atoms with E-state index in [-0.39, 0.29) is 29.5 Å². The lowest BCUT2D eigenvalue weighted by Crippen LogP contribution is -2.26. The van der Waals surface area contributed by atoms with Gasteiger partial charge in [0.05, 0.1) is 11.1 Å². The maximum Gasteiger partial charge on any atom is 0.416 e. The molecule has 0 aliphatic carbocycles. The first-order valence-corrected chi connectivity index (χ1v) is 8.75. The molecule has 8 heteroatoms. The van der Waals surface area contributed by atoms with Gasteiger partial charge >= 0.3 is 6.18 Å². The van der Waals surface area contributed by atoms with E-state index in [4.69, 9.17) is 0 Å². The summed E-state index contributed by atoms with van der Waals surface area (Å²) in [4.78, 5) is 16.2. The van der Waals surface area contributed by atoms with Crippen molar-refractivity contribution in [3.8, 4) is 0 Å². The molecule has 0 unspecified atom stereocenters. The molecule has 0 spiro atoms. The van der Waals surface area contributed by atoms with E-state index >= 15 is 0 Å². The molecule has 0 bridgehead atoms. The summed E-state index contributed by atoms with van der Waals surface area (Å²) < 4.78 is 51.9. The van der Waals surface area contributed by atoms with Crippen LogP contribution in [0.25, 0.3) is 0 Å². The van der Waals surface area contributed by atoms with E-state index in [1.54, 1.807) is 18.2 Å². The third-order valence-corrected chi connectivity index (χ3v) is 4.13. The molecule has 1 aromatic heterocycles. The first-order chi connectivity index (χ1) is 13.8. The van der Waals surface area contributed by atoms with E-state index in [0.29, 0.717) is 17.8 Å². The molecule has 0 fully saturated rings. The SMILES string of the molecule is O=C(NCCc1ccccc1F)c1ccc(Nc2cccc(C(F)(F)F)c2)nc1. The summed E-state index contributed by atoms with van der Waals surface area (Å²) in [6, 6.07) is 14.1. The van der Waals surface area contributed by atoms with Gasteiger partial charge in [-0.1, -0.05) is 24.3 Å². The molecule has 0 aliphatic heterocycles. The minimum atomic E-state index is -4.43. The minimum Gasteiger partial charge on any atom is -0.352 e. The van der Waals surface area contributed by atoms with Crippen molar-refractivity contribution in [2.75, 3.05) is 11.9 Å². The molecule has 150 valence electrons. The average molecular weight is 403 g/mol. The molecule has 29 heavy (non-hydrogen) atoms. The van der Waals surface area contributed by atoms with Gasteiger partial charge in [0, 0.05) is 18.4 Å². The van der Waals surface area contributed by atoms with E-state index in [2.05, 4.69) is 15.6 Å². The van der Waals surface area contributed by atoms with Crippen LogP contribution in [0, 0.1) is 5.82 Å². The quantitative estimate of drug-likeness (QED) is 0.573.